The van der Waals surface area contributed by atoms with Crippen molar-refractivity contribution < 1.29 is 14.4 Å². The lowest BCUT2D eigenvalue weighted by atomic mass is 10.1. The average Bonchev–Trinajstić information content (AvgIpc) is 2.47. The molecule has 0 fully saturated rings. The van der Waals surface area contributed by atoms with Crippen molar-refractivity contribution in [2.45, 2.75) is 33.7 Å². The van der Waals surface area contributed by atoms with Crippen molar-refractivity contribution in [2.75, 3.05) is 13.1 Å². The standard InChI is InChI=1S/C16H23N3O3/c1-5-17-15(21)12(4)19-14(20)9-18-16(22)13-7-6-10(2)11(3)8-13/h6-8,12H,5,9H2,1-4H3,(H,17,21)(H,18,22)(H,19,20)/t12-/m1/s1. The molecule has 1 atom stereocenters. The number of benzene rings is 1. The Morgan fingerprint density at radius 1 is 1.09 bits per heavy atom. The number of amides is 3. The van der Waals surface area contributed by atoms with Crippen LogP contribution in [0.25, 0.3) is 0 Å². The van der Waals surface area contributed by atoms with Crippen LogP contribution in [0.2, 0.25) is 0 Å². The first-order valence-electron chi connectivity index (χ1n) is 7.27. The first-order chi connectivity index (χ1) is 10.3. The second-order valence-corrected chi connectivity index (χ2v) is 5.17. The van der Waals surface area contributed by atoms with Crippen LogP contribution < -0.4 is 16.0 Å². The number of hydrogen-bond acceptors (Lipinski definition) is 3. The van der Waals surface area contributed by atoms with E-state index in [-0.39, 0.29) is 18.4 Å². The van der Waals surface area contributed by atoms with Gasteiger partial charge in [0.25, 0.3) is 5.91 Å². The summed E-state index contributed by atoms with van der Waals surface area (Å²) in [5.74, 6) is -0.976. The molecule has 1 aromatic rings. The normalized spacial score (nSPS) is 11.5. The topological polar surface area (TPSA) is 87.3 Å². The first-order valence-corrected chi connectivity index (χ1v) is 7.27. The molecule has 1 rings (SSSR count). The molecular formula is C16H23N3O3. The van der Waals surface area contributed by atoms with Gasteiger partial charge in [-0.1, -0.05) is 6.07 Å². The Morgan fingerprint density at radius 2 is 1.77 bits per heavy atom. The molecule has 0 aliphatic heterocycles. The Bertz CT molecular complexity index is 570. The summed E-state index contributed by atoms with van der Waals surface area (Å²) in [6, 6.07) is 4.72. The van der Waals surface area contributed by atoms with Crippen molar-refractivity contribution in [1.82, 2.24) is 16.0 Å². The molecule has 0 heterocycles. The summed E-state index contributed by atoms with van der Waals surface area (Å²) in [5, 5.41) is 7.68. The Balaban J connectivity index is 2.48. The van der Waals surface area contributed by atoms with Crippen molar-refractivity contribution in [3.8, 4) is 0 Å². The van der Waals surface area contributed by atoms with Gasteiger partial charge in [0.05, 0.1) is 6.54 Å². The van der Waals surface area contributed by atoms with Crippen molar-refractivity contribution in [3.63, 3.8) is 0 Å². The van der Waals surface area contributed by atoms with Gasteiger partial charge in [0.15, 0.2) is 0 Å². The van der Waals surface area contributed by atoms with Gasteiger partial charge in [-0.05, 0) is 51.0 Å². The molecule has 0 aliphatic carbocycles. The van der Waals surface area contributed by atoms with Crippen molar-refractivity contribution >= 4 is 17.7 Å². The lowest BCUT2D eigenvalue weighted by Gasteiger charge is -2.13. The lowest BCUT2D eigenvalue weighted by Crippen LogP contribution is -2.47. The van der Waals surface area contributed by atoms with E-state index in [4.69, 9.17) is 0 Å². The molecule has 120 valence electrons. The van der Waals surface area contributed by atoms with E-state index in [2.05, 4.69) is 16.0 Å². The molecule has 0 aromatic heterocycles. The van der Waals surface area contributed by atoms with Crippen molar-refractivity contribution in [3.05, 3.63) is 34.9 Å². The molecule has 0 aliphatic rings. The highest BCUT2D eigenvalue weighted by Gasteiger charge is 2.15. The molecule has 3 N–H and O–H groups in total. The minimum atomic E-state index is -0.633. The number of rotatable bonds is 6. The maximum atomic E-state index is 12.0. The average molecular weight is 305 g/mol. The number of aryl methyl sites for hydroxylation is 2. The summed E-state index contributed by atoms with van der Waals surface area (Å²) in [4.78, 5) is 35.2. The molecule has 0 bridgehead atoms. The van der Waals surface area contributed by atoms with Gasteiger partial charge in [0.2, 0.25) is 11.8 Å². The van der Waals surface area contributed by atoms with Gasteiger partial charge in [-0.25, -0.2) is 0 Å². The van der Waals surface area contributed by atoms with E-state index < -0.39 is 11.9 Å². The molecule has 0 saturated heterocycles. The molecule has 0 radical (unpaired) electrons. The van der Waals surface area contributed by atoms with Gasteiger partial charge < -0.3 is 16.0 Å². The van der Waals surface area contributed by atoms with E-state index in [9.17, 15) is 14.4 Å². The van der Waals surface area contributed by atoms with Crippen molar-refractivity contribution in [1.29, 1.82) is 0 Å². The quantitative estimate of drug-likeness (QED) is 0.722. The zero-order valence-corrected chi connectivity index (χ0v) is 13.4. The third kappa shape index (κ3) is 5.20. The fourth-order valence-electron chi connectivity index (χ4n) is 1.83. The number of hydrogen-bond donors (Lipinski definition) is 3. The third-order valence-electron chi connectivity index (χ3n) is 3.30. The predicted molar refractivity (Wildman–Crippen MR) is 84.5 cm³/mol. The van der Waals surface area contributed by atoms with Crippen LogP contribution in [0.5, 0.6) is 0 Å². The highest BCUT2D eigenvalue weighted by molar-refractivity contribution is 5.97. The maximum Gasteiger partial charge on any atom is 0.251 e. The lowest BCUT2D eigenvalue weighted by molar-refractivity contribution is -0.128. The molecule has 3 amide bonds. The van der Waals surface area contributed by atoms with Gasteiger partial charge in [-0.15, -0.1) is 0 Å². The SMILES string of the molecule is CCNC(=O)[C@@H](C)NC(=O)CNC(=O)c1ccc(C)c(C)c1. The Hall–Kier alpha value is -2.37. The zero-order chi connectivity index (χ0) is 16.7. The minimum Gasteiger partial charge on any atom is -0.355 e. The molecule has 6 heteroatoms. The molecule has 0 spiro atoms. The van der Waals surface area contributed by atoms with Crippen LogP contribution >= 0.6 is 0 Å². The molecular weight excluding hydrogens is 282 g/mol. The van der Waals surface area contributed by atoms with Crippen LogP contribution in [-0.4, -0.2) is 36.9 Å². The van der Waals surface area contributed by atoms with Crippen molar-refractivity contribution in [2.24, 2.45) is 0 Å². The largest absolute Gasteiger partial charge is 0.355 e. The smallest absolute Gasteiger partial charge is 0.251 e. The van der Waals surface area contributed by atoms with E-state index in [0.717, 1.165) is 11.1 Å². The van der Waals surface area contributed by atoms with E-state index in [1.165, 1.54) is 0 Å². The fraction of sp³-hybridized carbons (Fsp3) is 0.438. The Labute approximate surface area is 130 Å². The fourth-order valence-corrected chi connectivity index (χ4v) is 1.83. The van der Waals surface area contributed by atoms with Gasteiger partial charge in [-0.2, -0.15) is 0 Å². The summed E-state index contributed by atoms with van der Waals surface area (Å²) in [5.41, 5.74) is 2.62. The van der Waals surface area contributed by atoms with E-state index >= 15 is 0 Å². The third-order valence-corrected chi connectivity index (χ3v) is 3.30. The van der Waals surface area contributed by atoms with Gasteiger partial charge in [-0.3, -0.25) is 14.4 Å². The molecule has 0 unspecified atom stereocenters. The predicted octanol–water partition coefficient (Wildman–Crippen LogP) is 0.674. The van der Waals surface area contributed by atoms with Gasteiger partial charge in [0, 0.05) is 12.1 Å². The highest BCUT2D eigenvalue weighted by Crippen LogP contribution is 2.09. The zero-order valence-electron chi connectivity index (χ0n) is 13.4. The second kappa shape index (κ2) is 8.17. The first kappa shape index (κ1) is 17.7. The van der Waals surface area contributed by atoms with E-state index in [0.29, 0.717) is 12.1 Å². The van der Waals surface area contributed by atoms with Gasteiger partial charge >= 0.3 is 0 Å². The van der Waals surface area contributed by atoms with Crippen LogP contribution in [0.1, 0.15) is 35.3 Å². The number of carbonyl (C=O) groups is 3. The Kier molecular flexibility index (Phi) is 6.56. The summed E-state index contributed by atoms with van der Waals surface area (Å²) in [6.45, 7) is 7.61. The van der Waals surface area contributed by atoms with Crippen LogP contribution in [0.15, 0.2) is 18.2 Å². The van der Waals surface area contributed by atoms with Crippen LogP contribution in [0.4, 0.5) is 0 Å². The monoisotopic (exact) mass is 305 g/mol. The summed E-state index contributed by atoms with van der Waals surface area (Å²) < 4.78 is 0. The molecule has 6 nitrogen and oxygen atoms in total. The molecule has 0 saturated carbocycles. The molecule has 22 heavy (non-hydrogen) atoms. The number of nitrogens with one attached hydrogen (secondary N) is 3. The van der Waals surface area contributed by atoms with Gasteiger partial charge in [0.1, 0.15) is 6.04 Å². The van der Waals surface area contributed by atoms with Crippen LogP contribution in [0.3, 0.4) is 0 Å². The van der Waals surface area contributed by atoms with Crippen LogP contribution in [0, 0.1) is 13.8 Å². The summed E-state index contributed by atoms with van der Waals surface area (Å²) >= 11 is 0. The van der Waals surface area contributed by atoms with E-state index in [1.807, 2.05) is 19.9 Å². The second-order valence-electron chi connectivity index (χ2n) is 5.17. The van der Waals surface area contributed by atoms with Crippen LogP contribution in [-0.2, 0) is 9.59 Å². The molecule has 1 aromatic carbocycles. The minimum absolute atomic E-state index is 0.171. The number of carbonyl (C=O) groups excluding carboxylic acids is 3. The summed E-state index contributed by atoms with van der Waals surface area (Å²) in [6.07, 6.45) is 0. The summed E-state index contributed by atoms with van der Waals surface area (Å²) in [7, 11) is 0. The maximum absolute atomic E-state index is 12.0. The highest BCUT2D eigenvalue weighted by atomic mass is 16.2. The number of likely N-dealkylation sites (N-methyl/N-ethyl adjacent to an activating group) is 1. The van der Waals surface area contributed by atoms with E-state index in [1.54, 1.807) is 26.0 Å². The Morgan fingerprint density at radius 3 is 2.36 bits per heavy atom.